The fourth-order valence-corrected chi connectivity index (χ4v) is 10.4. The van der Waals surface area contributed by atoms with Gasteiger partial charge in [0, 0.05) is 74.4 Å². The van der Waals surface area contributed by atoms with Crippen molar-refractivity contribution in [2.24, 2.45) is 11.3 Å². The monoisotopic (exact) mass is 711 g/mol. The summed E-state index contributed by atoms with van der Waals surface area (Å²) in [4.78, 5) is 24.8. The molecule has 2 atom stereocenters. The number of fused-ring (bicyclic) bond motifs is 3. The van der Waals surface area contributed by atoms with Gasteiger partial charge in [0.15, 0.2) is 17.4 Å². The number of aliphatic carboxylic acids is 1. The first-order chi connectivity index (χ1) is 25.2. The Morgan fingerprint density at radius 3 is 2.27 bits per heavy atom. The number of aromatic nitrogens is 3. The number of phenols is 1. The van der Waals surface area contributed by atoms with E-state index in [0.29, 0.717) is 46.6 Å². The van der Waals surface area contributed by atoms with Gasteiger partial charge >= 0.3 is 5.97 Å². The summed E-state index contributed by atoms with van der Waals surface area (Å²) < 4.78 is 5.49. The first-order valence-electron chi connectivity index (χ1n) is 19.6. The lowest BCUT2D eigenvalue weighted by Crippen LogP contribution is -2.67. The summed E-state index contributed by atoms with van der Waals surface area (Å²) in [6, 6.07) is 13.7. The highest BCUT2D eigenvalue weighted by Gasteiger charge is 2.54. The van der Waals surface area contributed by atoms with E-state index < -0.39 is 11.9 Å². The van der Waals surface area contributed by atoms with Crippen molar-refractivity contribution in [1.82, 2.24) is 30.1 Å². The van der Waals surface area contributed by atoms with Crippen LogP contribution in [0.25, 0.3) is 11.3 Å². The summed E-state index contributed by atoms with van der Waals surface area (Å²) in [7, 11) is 0. The second-order valence-electron chi connectivity index (χ2n) is 16.8. The third-order valence-electron chi connectivity index (χ3n) is 13.3. The van der Waals surface area contributed by atoms with Crippen LogP contribution in [0.1, 0.15) is 64.1 Å². The van der Waals surface area contributed by atoms with Crippen LogP contribution < -0.4 is 15.1 Å². The van der Waals surface area contributed by atoms with Gasteiger partial charge in [-0.25, -0.2) is 0 Å². The SMILES string of the molecule is CC(C)C(C(=O)O)c1cc(N2CC3(CC(N4CCC(N5CCC(N6CCN7c8cc(-c9ccccc9O)nnc8NCC7C6)CC5)CC4)C3)C2)no1. The zero-order valence-electron chi connectivity index (χ0n) is 30.5. The van der Waals surface area contributed by atoms with Gasteiger partial charge in [-0.15, -0.1) is 10.2 Å². The number of carbonyl (C=O) groups is 1. The molecule has 4 saturated heterocycles. The molecule has 7 heterocycles. The van der Waals surface area contributed by atoms with Crippen LogP contribution in [0.5, 0.6) is 5.75 Å². The minimum atomic E-state index is -0.856. The van der Waals surface area contributed by atoms with Crippen molar-refractivity contribution < 1.29 is 19.5 Å². The average molecular weight is 712 g/mol. The van der Waals surface area contributed by atoms with Crippen molar-refractivity contribution >= 4 is 23.3 Å². The molecule has 278 valence electrons. The highest BCUT2D eigenvalue weighted by Crippen LogP contribution is 2.52. The Morgan fingerprint density at radius 2 is 1.58 bits per heavy atom. The number of piperidine rings is 2. The third-order valence-corrected chi connectivity index (χ3v) is 13.3. The number of piperazine rings is 1. The zero-order chi connectivity index (χ0) is 35.6. The number of carboxylic acid groups (broad SMARTS) is 1. The highest BCUT2D eigenvalue weighted by molar-refractivity contribution is 5.77. The molecule has 0 amide bonds. The van der Waals surface area contributed by atoms with Crippen LogP contribution in [0, 0.1) is 11.3 Å². The molecule has 1 saturated carbocycles. The Bertz CT molecular complexity index is 1750. The van der Waals surface area contributed by atoms with Gasteiger partial charge in [0.2, 0.25) is 0 Å². The number of carboxylic acids is 1. The van der Waals surface area contributed by atoms with Crippen LogP contribution in [0.4, 0.5) is 17.3 Å². The van der Waals surface area contributed by atoms with E-state index in [1.807, 2.05) is 38.1 Å². The van der Waals surface area contributed by atoms with Crippen molar-refractivity contribution in [3.8, 4) is 17.0 Å². The molecular formula is C39H53N9O4. The van der Waals surface area contributed by atoms with Gasteiger partial charge in [-0.3, -0.25) is 9.69 Å². The molecule has 5 aliphatic heterocycles. The lowest BCUT2D eigenvalue weighted by atomic mass is 9.60. The number of nitrogens with zero attached hydrogens (tertiary/aromatic N) is 8. The van der Waals surface area contributed by atoms with Gasteiger partial charge in [0.05, 0.1) is 17.4 Å². The molecule has 6 aliphatic rings. The Hall–Kier alpha value is -3.94. The summed E-state index contributed by atoms with van der Waals surface area (Å²) in [5, 5.41) is 36.7. The molecular weight excluding hydrogens is 658 g/mol. The zero-order valence-corrected chi connectivity index (χ0v) is 30.5. The van der Waals surface area contributed by atoms with Crippen LogP contribution in [0.15, 0.2) is 40.9 Å². The molecule has 9 rings (SSSR count). The Balaban J connectivity index is 0.712. The number of hydrogen-bond acceptors (Lipinski definition) is 12. The van der Waals surface area contributed by atoms with E-state index in [-0.39, 0.29) is 11.7 Å². The first kappa shape index (κ1) is 33.9. The van der Waals surface area contributed by atoms with Crippen LogP contribution in [0.2, 0.25) is 0 Å². The lowest BCUT2D eigenvalue weighted by Gasteiger charge is -2.61. The molecule has 3 N–H and O–H groups in total. The van der Waals surface area contributed by atoms with Crippen molar-refractivity contribution in [1.29, 1.82) is 0 Å². The van der Waals surface area contributed by atoms with Gasteiger partial charge in [0.1, 0.15) is 11.7 Å². The van der Waals surface area contributed by atoms with Crippen molar-refractivity contribution in [3.63, 3.8) is 0 Å². The molecule has 2 aromatic heterocycles. The van der Waals surface area contributed by atoms with E-state index in [0.717, 1.165) is 56.6 Å². The summed E-state index contributed by atoms with van der Waals surface area (Å²) in [6.45, 7) is 14.6. The van der Waals surface area contributed by atoms with Gasteiger partial charge in [-0.05, 0) is 88.8 Å². The maximum absolute atomic E-state index is 11.7. The molecule has 13 nitrogen and oxygen atoms in total. The molecule has 3 aromatic rings. The van der Waals surface area contributed by atoms with Crippen LogP contribution >= 0.6 is 0 Å². The third kappa shape index (κ3) is 6.18. The molecule has 2 unspecified atom stereocenters. The molecule has 1 spiro atoms. The topological polar surface area (TPSA) is 138 Å². The van der Waals surface area contributed by atoms with Gasteiger partial charge in [0.25, 0.3) is 0 Å². The summed E-state index contributed by atoms with van der Waals surface area (Å²) in [5.41, 5.74) is 2.91. The summed E-state index contributed by atoms with van der Waals surface area (Å²) in [6.07, 6.45) is 7.58. The normalized spacial score (nSPS) is 25.3. The minimum Gasteiger partial charge on any atom is -0.507 e. The summed E-state index contributed by atoms with van der Waals surface area (Å²) >= 11 is 0. The smallest absolute Gasteiger partial charge is 0.314 e. The molecule has 13 heteroatoms. The van der Waals surface area contributed by atoms with E-state index in [4.69, 9.17) is 4.52 Å². The van der Waals surface area contributed by atoms with E-state index in [1.54, 1.807) is 6.07 Å². The lowest BCUT2D eigenvalue weighted by molar-refractivity contribution is -0.140. The van der Waals surface area contributed by atoms with Gasteiger partial charge in [-0.1, -0.05) is 31.1 Å². The largest absolute Gasteiger partial charge is 0.507 e. The van der Waals surface area contributed by atoms with Crippen molar-refractivity contribution in [2.75, 3.05) is 80.6 Å². The maximum Gasteiger partial charge on any atom is 0.314 e. The standard InChI is InChI=1S/C39H53N9O4/c1-25(2)36(38(50)51)34-18-35(43-52-34)47-23-39(24-47)19-28(20-39)45-13-7-26(8-14-45)44-11-9-27(10-12-44)46-15-16-48-29(22-46)21-40-37-32(48)17-31(41-42-37)30-5-3-4-6-33(30)49/h3-6,17-18,25-29,36,49H,7-16,19-24H2,1-2H3,(H,40,42)(H,50,51). The highest BCUT2D eigenvalue weighted by atomic mass is 16.5. The fourth-order valence-electron chi connectivity index (χ4n) is 10.4. The van der Waals surface area contributed by atoms with Crippen LogP contribution in [-0.4, -0.2) is 136 Å². The quantitative estimate of drug-likeness (QED) is 0.309. The number of hydrogen-bond donors (Lipinski definition) is 3. The van der Waals surface area contributed by atoms with Gasteiger partial charge < -0.3 is 39.7 Å². The number of phenolic OH excluding ortho intramolecular Hbond substituents is 1. The molecule has 0 bridgehead atoms. The average Bonchev–Trinajstić information content (AvgIpc) is 3.59. The van der Waals surface area contributed by atoms with E-state index in [2.05, 4.69) is 51.2 Å². The number of benzene rings is 1. The van der Waals surface area contributed by atoms with E-state index >= 15 is 0 Å². The van der Waals surface area contributed by atoms with Gasteiger partial charge in [-0.2, -0.15) is 0 Å². The number of rotatable bonds is 8. The Kier molecular flexibility index (Phi) is 8.78. The van der Waals surface area contributed by atoms with Crippen LogP contribution in [0.3, 0.4) is 0 Å². The predicted molar refractivity (Wildman–Crippen MR) is 199 cm³/mol. The maximum atomic E-state index is 11.7. The fraction of sp³-hybridized carbons (Fsp3) is 0.641. The Morgan fingerprint density at radius 1 is 0.885 bits per heavy atom. The Labute approximate surface area is 305 Å². The molecule has 1 aromatic carbocycles. The number of likely N-dealkylation sites (tertiary alicyclic amines) is 2. The van der Waals surface area contributed by atoms with Crippen molar-refractivity contribution in [3.05, 3.63) is 42.2 Å². The molecule has 52 heavy (non-hydrogen) atoms. The predicted octanol–water partition coefficient (Wildman–Crippen LogP) is 4.18. The number of anilines is 3. The second-order valence-corrected chi connectivity index (χ2v) is 16.8. The molecule has 1 aliphatic carbocycles. The van der Waals surface area contributed by atoms with E-state index in [9.17, 15) is 15.0 Å². The van der Waals surface area contributed by atoms with Crippen LogP contribution in [-0.2, 0) is 4.79 Å². The second kappa shape index (κ2) is 13.5. The number of para-hydroxylation sites is 1. The van der Waals surface area contributed by atoms with Crippen molar-refractivity contribution in [2.45, 2.75) is 82.5 Å². The molecule has 5 fully saturated rings. The minimum absolute atomic E-state index is 0.0457. The molecule has 0 radical (unpaired) electrons. The number of aromatic hydroxyl groups is 1. The van der Waals surface area contributed by atoms with E-state index in [1.165, 1.54) is 64.7 Å². The first-order valence-corrected chi connectivity index (χ1v) is 19.6. The summed E-state index contributed by atoms with van der Waals surface area (Å²) in [5.74, 6) is 0.760. The number of nitrogens with one attached hydrogen (secondary N) is 1.